The first-order chi connectivity index (χ1) is 5.16. The minimum absolute atomic E-state index is 0.614. The molecule has 0 aromatic carbocycles. The van der Waals surface area contributed by atoms with Crippen LogP contribution in [0.2, 0.25) is 0 Å². The summed E-state index contributed by atoms with van der Waals surface area (Å²) in [5.41, 5.74) is 0.614. The zero-order valence-electron chi connectivity index (χ0n) is 8.35. The molecule has 2 atom stereocenters. The lowest BCUT2D eigenvalue weighted by molar-refractivity contribution is 0.322. The van der Waals surface area contributed by atoms with Gasteiger partial charge in [0.1, 0.15) is 0 Å². The maximum absolute atomic E-state index is 2.62. The van der Waals surface area contributed by atoms with Crippen LogP contribution in [0.15, 0.2) is 0 Å². The van der Waals surface area contributed by atoms with Crippen LogP contribution in [0.1, 0.15) is 47.0 Å². The molecule has 0 aliphatic carbocycles. The van der Waals surface area contributed by atoms with Gasteiger partial charge in [-0.2, -0.15) is 0 Å². The lowest BCUT2D eigenvalue weighted by atomic mass is 10.0. The van der Waals surface area contributed by atoms with Crippen molar-refractivity contribution in [3.05, 3.63) is 0 Å². The Bertz CT molecular complexity index is 131. The first-order valence-electron chi connectivity index (χ1n) is 4.93. The molecule has 0 bridgehead atoms. The lowest BCUT2D eigenvalue weighted by Gasteiger charge is -2.17. The standard InChI is InChI=1S/C10H21N/c1-5-7-10(6-2)8-11(10)9(3)4/h9H,5-8H2,1-4H3. The van der Waals surface area contributed by atoms with E-state index in [2.05, 4.69) is 32.6 Å². The molecule has 0 radical (unpaired) electrons. The summed E-state index contributed by atoms with van der Waals surface area (Å²) in [7, 11) is 0. The van der Waals surface area contributed by atoms with Crippen LogP contribution in [0, 0.1) is 0 Å². The van der Waals surface area contributed by atoms with Gasteiger partial charge in [-0.1, -0.05) is 20.3 Å². The van der Waals surface area contributed by atoms with Gasteiger partial charge in [-0.25, -0.2) is 0 Å². The van der Waals surface area contributed by atoms with Crippen LogP contribution >= 0.6 is 0 Å². The van der Waals surface area contributed by atoms with E-state index in [4.69, 9.17) is 0 Å². The summed E-state index contributed by atoms with van der Waals surface area (Å²) in [5.74, 6) is 0. The van der Waals surface area contributed by atoms with Crippen LogP contribution in [0.4, 0.5) is 0 Å². The lowest BCUT2D eigenvalue weighted by Crippen LogP contribution is -2.22. The van der Waals surface area contributed by atoms with Crippen molar-refractivity contribution in [2.75, 3.05) is 6.54 Å². The van der Waals surface area contributed by atoms with Gasteiger partial charge < -0.3 is 0 Å². The molecule has 2 unspecified atom stereocenters. The first-order valence-corrected chi connectivity index (χ1v) is 4.93. The van der Waals surface area contributed by atoms with E-state index < -0.39 is 0 Å². The van der Waals surface area contributed by atoms with Crippen molar-refractivity contribution in [3.8, 4) is 0 Å². The van der Waals surface area contributed by atoms with Gasteiger partial charge in [0, 0.05) is 18.1 Å². The Morgan fingerprint density at radius 1 is 1.36 bits per heavy atom. The number of rotatable bonds is 4. The van der Waals surface area contributed by atoms with Gasteiger partial charge in [0.15, 0.2) is 0 Å². The van der Waals surface area contributed by atoms with Crippen LogP contribution < -0.4 is 0 Å². The molecular formula is C10H21N. The fraction of sp³-hybridized carbons (Fsp3) is 1.00. The Kier molecular flexibility index (Phi) is 2.58. The molecule has 0 N–H and O–H groups in total. The number of hydrogen-bond donors (Lipinski definition) is 0. The smallest absolute Gasteiger partial charge is 0.0337 e. The van der Waals surface area contributed by atoms with Gasteiger partial charge in [-0.05, 0) is 26.7 Å². The van der Waals surface area contributed by atoms with Crippen molar-refractivity contribution in [2.24, 2.45) is 0 Å². The van der Waals surface area contributed by atoms with E-state index in [1.165, 1.54) is 25.8 Å². The molecule has 0 aromatic rings. The second kappa shape index (κ2) is 3.14. The molecule has 1 heterocycles. The van der Waals surface area contributed by atoms with Gasteiger partial charge in [0.2, 0.25) is 0 Å². The average molecular weight is 155 g/mol. The Hall–Kier alpha value is -0.0400. The average Bonchev–Trinajstić information content (AvgIpc) is 2.65. The first kappa shape index (κ1) is 9.05. The molecule has 11 heavy (non-hydrogen) atoms. The zero-order valence-corrected chi connectivity index (χ0v) is 8.35. The quantitative estimate of drug-likeness (QED) is 0.564. The summed E-state index contributed by atoms with van der Waals surface area (Å²) < 4.78 is 0. The van der Waals surface area contributed by atoms with Gasteiger partial charge in [-0.15, -0.1) is 0 Å². The molecule has 1 aliphatic rings. The van der Waals surface area contributed by atoms with Crippen molar-refractivity contribution in [1.82, 2.24) is 4.90 Å². The van der Waals surface area contributed by atoms with E-state index >= 15 is 0 Å². The highest BCUT2D eigenvalue weighted by atomic mass is 15.4. The van der Waals surface area contributed by atoms with Crippen LogP contribution in [-0.4, -0.2) is 23.0 Å². The van der Waals surface area contributed by atoms with Gasteiger partial charge in [0.25, 0.3) is 0 Å². The summed E-state index contributed by atoms with van der Waals surface area (Å²) in [6.45, 7) is 10.5. The van der Waals surface area contributed by atoms with Gasteiger partial charge >= 0.3 is 0 Å². The molecule has 1 nitrogen and oxygen atoms in total. The molecule has 0 amide bonds. The third kappa shape index (κ3) is 1.58. The summed E-state index contributed by atoms with van der Waals surface area (Å²) >= 11 is 0. The Morgan fingerprint density at radius 3 is 2.27 bits per heavy atom. The molecule has 1 fully saturated rings. The monoisotopic (exact) mass is 155 g/mol. The highest BCUT2D eigenvalue weighted by molar-refractivity contribution is 5.07. The maximum Gasteiger partial charge on any atom is 0.0337 e. The molecule has 1 aliphatic heterocycles. The van der Waals surface area contributed by atoms with Crippen molar-refractivity contribution in [3.63, 3.8) is 0 Å². The van der Waals surface area contributed by atoms with Crippen molar-refractivity contribution < 1.29 is 0 Å². The van der Waals surface area contributed by atoms with E-state index in [1.807, 2.05) is 0 Å². The fourth-order valence-electron chi connectivity index (χ4n) is 2.19. The number of hydrogen-bond acceptors (Lipinski definition) is 1. The highest BCUT2D eigenvalue weighted by Crippen LogP contribution is 2.41. The SMILES string of the molecule is CCCC1(CC)CN1C(C)C. The highest BCUT2D eigenvalue weighted by Gasteiger charge is 2.50. The summed E-state index contributed by atoms with van der Waals surface area (Å²) in [6, 6.07) is 0.751. The predicted octanol–water partition coefficient (Wildman–Crippen LogP) is 2.66. The summed E-state index contributed by atoms with van der Waals surface area (Å²) in [5, 5.41) is 0. The van der Waals surface area contributed by atoms with E-state index in [0.717, 1.165) is 6.04 Å². The summed E-state index contributed by atoms with van der Waals surface area (Å²) in [4.78, 5) is 2.62. The van der Waals surface area contributed by atoms with Crippen LogP contribution in [0.3, 0.4) is 0 Å². The van der Waals surface area contributed by atoms with Crippen LogP contribution in [0.25, 0.3) is 0 Å². The van der Waals surface area contributed by atoms with E-state index in [-0.39, 0.29) is 0 Å². The second-order valence-corrected chi connectivity index (χ2v) is 4.05. The minimum atomic E-state index is 0.614. The molecule has 0 spiro atoms. The normalized spacial score (nSPS) is 36.3. The third-order valence-electron chi connectivity index (χ3n) is 2.97. The molecule has 1 rings (SSSR count). The molecule has 1 heteroatoms. The van der Waals surface area contributed by atoms with Crippen molar-refractivity contribution in [1.29, 1.82) is 0 Å². The number of nitrogens with zero attached hydrogens (tertiary/aromatic N) is 1. The Labute approximate surface area is 70.8 Å². The molecule has 66 valence electrons. The predicted molar refractivity (Wildman–Crippen MR) is 49.8 cm³/mol. The maximum atomic E-state index is 2.62. The Balaban J connectivity index is 2.42. The largest absolute Gasteiger partial charge is 0.292 e. The molecular weight excluding hydrogens is 134 g/mol. The minimum Gasteiger partial charge on any atom is -0.292 e. The van der Waals surface area contributed by atoms with E-state index in [9.17, 15) is 0 Å². The molecule has 0 saturated carbocycles. The van der Waals surface area contributed by atoms with E-state index in [1.54, 1.807) is 0 Å². The van der Waals surface area contributed by atoms with Gasteiger partial charge in [-0.3, -0.25) is 4.90 Å². The van der Waals surface area contributed by atoms with Crippen LogP contribution in [-0.2, 0) is 0 Å². The fourth-order valence-corrected chi connectivity index (χ4v) is 2.19. The Morgan fingerprint density at radius 2 is 2.00 bits per heavy atom. The zero-order chi connectivity index (χ0) is 8.48. The molecule has 1 saturated heterocycles. The topological polar surface area (TPSA) is 3.01 Å². The molecule has 0 aromatic heterocycles. The third-order valence-corrected chi connectivity index (χ3v) is 2.97. The van der Waals surface area contributed by atoms with Crippen molar-refractivity contribution in [2.45, 2.75) is 58.5 Å². The van der Waals surface area contributed by atoms with Gasteiger partial charge in [0.05, 0.1) is 0 Å². The van der Waals surface area contributed by atoms with E-state index in [0.29, 0.717) is 5.54 Å². The second-order valence-electron chi connectivity index (χ2n) is 4.05. The summed E-state index contributed by atoms with van der Waals surface area (Å²) in [6.07, 6.45) is 4.05. The van der Waals surface area contributed by atoms with Crippen LogP contribution in [0.5, 0.6) is 0 Å². The van der Waals surface area contributed by atoms with Crippen molar-refractivity contribution >= 4 is 0 Å².